The summed E-state index contributed by atoms with van der Waals surface area (Å²) in [6, 6.07) is 3.06. The maximum atomic E-state index is 12.0. The molecular weight excluding hydrogens is 433 g/mol. The summed E-state index contributed by atoms with van der Waals surface area (Å²) < 4.78 is 31.8. The van der Waals surface area contributed by atoms with Crippen LogP contribution in [0.3, 0.4) is 0 Å². The standard InChI is InChI=1S/C13H21N5O3S.HI/c1-11-10-18(7-8-21-11)13(14)16-5-6-17-22(19,20)12-3-2-4-15-9-12;/h2-4,9,11,17H,5-8,10H2,1H3,(H2,14,16);1H. The van der Waals surface area contributed by atoms with E-state index in [9.17, 15) is 8.42 Å². The van der Waals surface area contributed by atoms with Crippen molar-refractivity contribution in [3.8, 4) is 0 Å². The molecule has 0 bridgehead atoms. The van der Waals surface area contributed by atoms with Gasteiger partial charge in [0.2, 0.25) is 10.0 Å². The Kier molecular flexibility index (Phi) is 8.16. The van der Waals surface area contributed by atoms with Crippen molar-refractivity contribution in [2.24, 2.45) is 10.7 Å². The highest BCUT2D eigenvalue weighted by molar-refractivity contribution is 14.0. The summed E-state index contributed by atoms with van der Waals surface area (Å²) in [5, 5.41) is 0. The third-order valence-corrected chi connectivity index (χ3v) is 4.63. The number of nitrogens with two attached hydrogens (primary N) is 1. The van der Waals surface area contributed by atoms with Crippen LogP contribution in [0.15, 0.2) is 34.4 Å². The van der Waals surface area contributed by atoms with Crippen molar-refractivity contribution in [2.75, 3.05) is 32.8 Å². The van der Waals surface area contributed by atoms with E-state index in [1.807, 2.05) is 11.8 Å². The second kappa shape index (κ2) is 9.35. The van der Waals surface area contributed by atoms with E-state index in [4.69, 9.17) is 10.5 Å². The number of hydrogen-bond donors (Lipinski definition) is 2. The third-order valence-electron chi connectivity index (χ3n) is 3.19. The first-order valence-corrected chi connectivity index (χ1v) is 8.53. The smallest absolute Gasteiger partial charge is 0.242 e. The van der Waals surface area contributed by atoms with Gasteiger partial charge in [0, 0.05) is 32.0 Å². The van der Waals surface area contributed by atoms with E-state index in [1.165, 1.54) is 18.5 Å². The van der Waals surface area contributed by atoms with E-state index in [0.29, 0.717) is 25.7 Å². The number of morpholine rings is 1. The lowest BCUT2D eigenvalue weighted by Crippen LogP contribution is -2.48. The van der Waals surface area contributed by atoms with Crippen molar-refractivity contribution in [3.05, 3.63) is 24.5 Å². The minimum atomic E-state index is -3.55. The Morgan fingerprint density at radius 1 is 1.61 bits per heavy atom. The summed E-state index contributed by atoms with van der Waals surface area (Å²) in [7, 11) is -3.55. The molecule has 1 saturated heterocycles. The molecule has 1 aliphatic heterocycles. The molecule has 1 atom stereocenters. The fourth-order valence-corrected chi connectivity index (χ4v) is 3.05. The van der Waals surface area contributed by atoms with Crippen molar-refractivity contribution in [1.29, 1.82) is 0 Å². The van der Waals surface area contributed by atoms with E-state index < -0.39 is 10.0 Å². The van der Waals surface area contributed by atoms with Crippen LogP contribution in [0.5, 0.6) is 0 Å². The van der Waals surface area contributed by atoms with Gasteiger partial charge in [-0.25, -0.2) is 13.1 Å². The van der Waals surface area contributed by atoms with E-state index >= 15 is 0 Å². The average Bonchev–Trinajstić information content (AvgIpc) is 2.52. The molecule has 0 radical (unpaired) electrons. The normalized spacial score (nSPS) is 19.3. The number of halogens is 1. The van der Waals surface area contributed by atoms with Crippen LogP contribution in [0.4, 0.5) is 0 Å². The maximum Gasteiger partial charge on any atom is 0.242 e. The van der Waals surface area contributed by atoms with Gasteiger partial charge in [-0.3, -0.25) is 9.98 Å². The van der Waals surface area contributed by atoms with Crippen LogP contribution in [-0.2, 0) is 14.8 Å². The molecule has 10 heteroatoms. The van der Waals surface area contributed by atoms with Gasteiger partial charge in [0.15, 0.2) is 5.96 Å². The Balaban J connectivity index is 0.00000264. The Morgan fingerprint density at radius 2 is 2.39 bits per heavy atom. The first-order chi connectivity index (χ1) is 10.5. The number of aliphatic imine (C=N–C) groups is 1. The monoisotopic (exact) mass is 455 g/mol. The molecule has 0 saturated carbocycles. The van der Waals surface area contributed by atoms with Crippen LogP contribution < -0.4 is 10.5 Å². The van der Waals surface area contributed by atoms with Gasteiger partial charge in [0.25, 0.3) is 0 Å². The number of hydrogen-bond acceptors (Lipinski definition) is 5. The summed E-state index contributed by atoms with van der Waals surface area (Å²) >= 11 is 0. The fourth-order valence-electron chi connectivity index (χ4n) is 2.07. The number of aromatic nitrogens is 1. The average molecular weight is 455 g/mol. The summed E-state index contributed by atoms with van der Waals surface area (Å²) in [5.41, 5.74) is 5.90. The van der Waals surface area contributed by atoms with Crippen molar-refractivity contribution in [1.82, 2.24) is 14.6 Å². The number of nitrogens with one attached hydrogen (secondary N) is 1. The van der Waals surface area contributed by atoms with Crippen LogP contribution in [-0.4, -0.2) is 63.2 Å². The van der Waals surface area contributed by atoms with E-state index in [1.54, 1.807) is 6.07 Å². The molecule has 1 aromatic heterocycles. The van der Waals surface area contributed by atoms with Crippen LogP contribution in [0.25, 0.3) is 0 Å². The van der Waals surface area contributed by atoms with Crippen molar-refractivity contribution < 1.29 is 13.2 Å². The molecule has 0 aliphatic carbocycles. The van der Waals surface area contributed by atoms with Crippen LogP contribution in [0.2, 0.25) is 0 Å². The molecule has 1 fully saturated rings. The number of pyridine rings is 1. The molecule has 3 N–H and O–H groups in total. The molecule has 0 spiro atoms. The number of guanidine groups is 1. The van der Waals surface area contributed by atoms with Crippen molar-refractivity contribution in [3.63, 3.8) is 0 Å². The fraction of sp³-hybridized carbons (Fsp3) is 0.538. The summed E-state index contributed by atoms with van der Waals surface area (Å²) in [5.74, 6) is 0.413. The summed E-state index contributed by atoms with van der Waals surface area (Å²) in [4.78, 5) is 10.1. The van der Waals surface area contributed by atoms with E-state index in [-0.39, 0.29) is 48.1 Å². The van der Waals surface area contributed by atoms with Gasteiger partial charge in [-0.1, -0.05) is 0 Å². The summed E-state index contributed by atoms with van der Waals surface area (Å²) in [6.07, 6.45) is 2.94. The lowest BCUT2D eigenvalue weighted by Gasteiger charge is -2.31. The third kappa shape index (κ3) is 6.20. The minimum Gasteiger partial charge on any atom is -0.375 e. The van der Waals surface area contributed by atoms with Gasteiger partial charge in [0.05, 0.1) is 19.3 Å². The molecule has 1 unspecified atom stereocenters. The molecule has 8 nitrogen and oxygen atoms in total. The van der Waals surface area contributed by atoms with Crippen LogP contribution in [0, 0.1) is 0 Å². The Morgan fingerprint density at radius 3 is 3.04 bits per heavy atom. The summed E-state index contributed by atoms with van der Waals surface area (Å²) in [6.45, 7) is 4.43. The molecule has 23 heavy (non-hydrogen) atoms. The predicted octanol–water partition coefficient (Wildman–Crippen LogP) is 0.0133. The Hall–Kier alpha value is -0.980. The largest absolute Gasteiger partial charge is 0.375 e. The molecule has 2 heterocycles. The lowest BCUT2D eigenvalue weighted by atomic mass is 10.3. The van der Waals surface area contributed by atoms with Crippen molar-refractivity contribution in [2.45, 2.75) is 17.9 Å². The van der Waals surface area contributed by atoms with Gasteiger partial charge in [-0.2, -0.15) is 0 Å². The SMILES string of the molecule is CC1CN(C(N)=NCCNS(=O)(=O)c2cccnc2)CCO1.I. The molecule has 1 aliphatic rings. The van der Waals surface area contributed by atoms with E-state index in [0.717, 1.165) is 0 Å². The Bertz CT molecular complexity index is 611. The zero-order chi connectivity index (χ0) is 16.0. The van der Waals surface area contributed by atoms with Gasteiger partial charge in [0.1, 0.15) is 4.90 Å². The van der Waals surface area contributed by atoms with E-state index in [2.05, 4.69) is 14.7 Å². The van der Waals surface area contributed by atoms with Crippen molar-refractivity contribution >= 4 is 40.0 Å². The maximum absolute atomic E-state index is 12.0. The highest BCUT2D eigenvalue weighted by Gasteiger charge is 2.18. The molecule has 2 rings (SSSR count). The number of nitrogens with zero attached hydrogens (tertiary/aromatic N) is 3. The van der Waals surface area contributed by atoms with Crippen LogP contribution in [0.1, 0.15) is 6.92 Å². The number of sulfonamides is 1. The second-order valence-corrected chi connectivity index (χ2v) is 6.72. The van der Waals surface area contributed by atoms with Gasteiger partial charge in [-0.15, -0.1) is 24.0 Å². The molecule has 0 aromatic carbocycles. The van der Waals surface area contributed by atoms with Crippen LogP contribution >= 0.6 is 24.0 Å². The number of ether oxygens (including phenoxy) is 1. The lowest BCUT2D eigenvalue weighted by molar-refractivity contribution is 0.00530. The molecule has 1 aromatic rings. The van der Waals surface area contributed by atoms with Gasteiger partial charge >= 0.3 is 0 Å². The quantitative estimate of drug-likeness (QED) is 0.280. The topological polar surface area (TPSA) is 110 Å². The highest BCUT2D eigenvalue weighted by atomic mass is 127. The first-order valence-electron chi connectivity index (χ1n) is 7.05. The molecule has 0 amide bonds. The predicted molar refractivity (Wildman–Crippen MR) is 98.3 cm³/mol. The minimum absolute atomic E-state index is 0. The zero-order valence-corrected chi connectivity index (χ0v) is 16.0. The Labute approximate surface area is 153 Å². The first kappa shape index (κ1) is 20.1. The van der Waals surface area contributed by atoms with Gasteiger partial charge < -0.3 is 15.4 Å². The highest BCUT2D eigenvalue weighted by Crippen LogP contribution is 2.05. The molecule has 130 valence electrons. The number of rotatable bonds is 5. The zero-order valence-electron chi connectivity index (χ0n) is 12.9. The second-order valence-electron chi connectivity index (χ2n) is 4.95. The van der Waals surface area contributed by atoms with Gasteiger partial charge in [-0.05, 0) is 19.1 Å². The molecular formula is C13H22IN5O3S.